The first-order valence-electron chi connectivity index (χ1n) is 10.1. The van der Waals surface area contributed by atoms with E-state index in [9.17, 15) is 33.0 Å². The first kappa shape index (κ1) is 25.4. The number of nitrogens with zero attached hydrogens (tertiary/aromatic N) is 5. The van der Waals surface area contributed by atoms with Gasteiger partial charge in [-0.2, -0.15) is 8.42 Å². The van der Waals surface area contributed by atoms with Gasteiger partial charge in [-0.05, 0) is 16.0 Å². The van der Waals surface area contributed by atoms with E-state index in [1.54, 1.807) is 30.3 Å². The number of aliphatic hydroxyl groups excluding tert-OH is 1. The fourth-order valence-corrected chi connectivity index (χ4v) is 7.07. The topological polar surface area (TPSA) is 205 Å². The summed E-state index contributed by atoms with van der Waals surface area (Å²) in [6, 6.07) is 6.05. The summed E-state index contributed by atoms with van der Waals surface area (Å²) in [6.45, 7) is 0. The Balaban J connectivity index is 1.40. The number of carboxylic acid groups (broad SMARTS) is 1. The summed E-state index contributed by atoms with van der Waals surface area (Å²) < 4.78 is 32.1. The van der Waals surface area contributed by atoms with Crippen molar-refractivity contribution < 1.29 is 37.6 Å². The molecule has 3 heterocycles. The highest BCUT2D eigenvalue weighted by molar-refractivity contribution is 8.00. The number of hydrogen-bond donors (Lipinski definition) is 4. The molecule has 35 heavy (non-hydrogen) atoms. The lowest BCUT2D eigenvalue weighted by Crippen LogP contribution is -2.76. The molecule has 2 fully saturated rings. The van der Waals surface area contributed by atoms with Crippen LogP contribution in [0.3, 0.4) is 0 Å². The molecule has 14 nitrogen and oxygen atoms in total. The Hall–Kier alpha value is -2.73. The van der Waals surface area contributed by atoms with Crippen molar-refractivity contribution in [2.45, 2.75) is 34.6 Å². The van der Waals surface area contributed by atoms with Crippen LogP contribution in [0.15, 0.2) is 35.5 Å². The van der Waals surface area contributed by atoms with E-state index in [2.05, 4.69) is 20.8 Å². The predicted molar refractivity (Wildman–Crippen MR) is 121 cm³/mol. The van der Waals surface area contributed by atoms with Crippen molar-refractivity contribution in [2.24, 2.45) is 5.92 Å². The minimum atomic E-state index is -4.39. The smallest absolute Gasteiger partial charge is 0.326 e. The van der Waals surface area contributed by atoms with E-state index in [4.69, 9.17) is 4.55 Å². The van der Waals surface area contributed by atoms with Crippen molar-refractivity contribution in [1.82, 2.24) is 30.4 Å². The number of fused-ring (bicyclic) bond motifs is 1. The third kappa shape index (κ3) is 5.43. The zero-order valence-electron chi connectivity index (χ0n) is 17.7. The maximum atomic E-state index is 12.8. The second-order valence-electron chi connectivity index (χ2n) is 7.80. The number of aromatic nitrogens is 4. The fraction of sp³-hybridized carbons (Fsp3) is 0.444. The van der Waals surface area contributed by atoms with Crippen LogP contribution in [0.5, 0.6) is 0 Å². The number of rotatable bonds is 9. The first-order valence-corrected chi connectivity index (χ1v) is 13.8. The van der Waals surface area contributed by atoms with Crippen molar-refractivity contribution in [3.8, 4) is 0 Å². The molecule has 5 atom stereocenters. The molecule has 0 saturated carbocycles. The van der Waals surface area contributed by atoms with Gasteiger partial charge in [0.25, 0.3) is 16.0 Å². The van der Waals surface area contributed by atoms with Gasteiger partial charge in [-0.3, -0.25) is 14.1 Å². The summed E-state index contributed by atoms with van der Waals surface area (Å²) in [6.07, 6.45) is -1.47. The number of β-lactam (4-membered cyclic amide) rings is 1. The SMILES string of the molecule is O=C(O)C1C(CSc2nnnn2CS(=O)(=O)O)CS[C@@H]2[C@H](NC(=O)[C@H](O)c3ccccc3)C(=O)N12. The molecule has 0 bridgehead atoms. The predicted octanol–water partition coefficient (Wildman–Crippen LogP) is -1.19. The van der Waals surface area contributed by atoms with Gasteiger partial charge in [0.1, 0.15) is 17.5 Å². The van der Waals surface area contributed by atoms with Crippen LogP contribution in [-0.4, -0.2) is 95.0 Å². The molecule has 1 aromatic heterocycles. The van der Waals surface area contributed by atoms with E-state index in [-0.39, 0.29) is 10.9 Å². The maximum absolute atomic E-state index is 12.8. The van der Waals surface area contributed by atoms with E-state index < -0.39 is 63.3 Å². The minimum absolute atomic E-state index is 0.0638. The average molecular weight is 545 g/mol. The molecule has 1 aromatic carbocycles. The molecular weight excluding hydrogens is 524 g/mol. The highest BCUT2D eigenvalue weighted by atomic mass is 32.2. The molecule has 2 aliphatic rings. The van der Waals surface area contributed by atoms with Gasteiger partial charge in [-0.15, -0.1) is 16.9 Å². The average Bonchev–Trinajstić information content (AvgIpc) is 3.25. The lowest BCUT2D eigenvalue weighted by molar-refractivity contribution is -0.165. The Kier molecular flexibility index (Phi) is 7.32. The highest BCUT2D eigenvalue weighted by Crippen LogP contribution is 2.42. The molecule has 2 aliphatic heterocycles. The van der Waals surface area contributed by atoms with Crippen molar-refractivity contribution >= 4 is 51.4 Å². The van der Waals surface area contributed by atoms with Gasteiger partial charge in [0.05, 0.1) is 0 Å². The summed E-state index contributed by atoms with van der Waals surface area (Å²) in [5.41, 5.74) is 0.363. The van der Waals surface area contributed by atoms with Crippen LogP contribution >= 0.6 is 23.5 Å². The number of aliphatic carboxylic acids is 1. The fourth-order valence-electron chi connectivity index (χ4n) is 3.83. The van der Waals surface area contributed by atoms with Crippen LogP contribution in [0.1, 0.15) is 11.7 Å². The number of nitrogens with one attached hydrogen (secondary N) is 1. The van der Waals surface area contributed by atoms with Crippen LogP contribution in [0.4, 0.5) is 0 Å². The van der Waals surface area contributed by atoms with Crippen molar-refractivity contribution in [3.05, 3.63) is 35.9 Å². The second-order valence-corrected chi connectivity index (χ2v) is 11.4. The Bertz CT molecular complexity index is 1230. The zero-order chi connectivity index (χ0) is 25.3. The minimum Gasteiger partial charge on any atom is -0.480 e. The standard InChI is InChI=1S/C18H20N6O8S3/c25-13(9-4-2-1-3-5-9)14(26)19-11-15(27)24-12(17(28)29)10(6-33-16(11)24)7-34-18-20-21-22-23(18)8-35(30,31)32/h1-5,10-13,16,25H,6-8H2,(H,19,26)(H,28,29)(H,30,31,32)/t10?,11-,12?,13-,16-/m1/s1. The van der Waals surface area contributed by atoms with Gasteiger partial charge < -0.3 is 20.4 Å². The molecule has 4 N–H and O–H groups in total. The Morgan fingerprint density at radius 2 is 2.00 bits per heavy atom. The number of benzene rings is 1. The van der Waals surface area contributed by atoms with Gasteiger partial charge in [0.15, 0.2) is 12.0 Å². The molecule has 2 unspecified atom stereocenters. The number of carbonyl (C=O) groups excluding carboxylic acids is 2. The normalized spacial score (nSPS) is 24.9. The van der Waals surface area contributed by atoms with Gasteiger partial charge in [0, 0.05) is 17.4 Å². The highest BCUT2D eigenvalue weighted by Gasteiger charge is 2.58. The monoisotopic (exact) mass is 544 g/mol. The number of hydrogen-bond acceptors (Lipinski definition) is 11. The van der Waals surface area contributed by atoms with Crippen LogP contribution < -0.4 is 5.32 Å². The molecule has 2 aromatic rings. The molecule has 188 valence electrons. The first-order chi connectivity index (χ1) is 16.6. The van der Waals surface area contributed by atoms with E-state index >= 15 is 0 Å². The Labute approximate surface area is 207 Å². The van der Waals surface area contributed by atoms with Crippen molar-refractivity contribution in [3.63, 3.8) is 0 Å². The number of aliphatic hydroxyl groups is 1. The maximum Gasteiger partial charge on any atom is 0.326 e. The summed E-state index contributed by atoms with van der Waals surface area (Å²) in [4.78, 5) is 38.5. The molecule has 2 saturated heterocycles. The van der Waals surface area contributed by atoms with Gasteiger partial charge in [-0.25, -0.2) is 9.48 Å². The number of tetrazole rings is 1. The number of amides is 2. The molecule has 0 spiro atoms. The van der Waals surface area contributed by atoms with Gasteiger partial charge in [0.2, 0.25) is 11.1 Å². The summed E-state index contributed by atoms with van der Waals surface area (Å²) in [7, 11) is -4.39. The zero-order valence-corrected chi connectivity index (χ0v) is 20.2. The van der Waals surface area contributed by atoms with Crippen LogP contribution in [-0.2, 0) is 30.4 Å². The van der Waals surface area contributed by atoms with Crippen LogP contribution in [0, 0.1) is 5.92 Å². The quantitative estimate of drug-likeness (QED) is 0.167. The van der Waals surface area contributed by atoms with E-state index in [0.29, 0.717) is 11.3 Å². The molecule has 2 amide bonds. The number of carboxylic acids is 1. The molecule has 0 radical (unpaired) electrons. The lowest BCUT2D eigenvalue weighted by Gasteiger charge is -2.54. The van der Waals surface area contributed by atoms with Gasteiger partial charge in [-0.1, -0.05) is 42.1 Å². The number of thioether (sulfide) groups is 2. The van der Waals surface area contributed by atoms with Crippen molar-refractivity contribution in [1.29, 1.82) is 0 Å². The second kappa shape index (κ2) is 10.1. The largest absolute Gasteiger partial charge is 0.480 e. The molecular formula is C18H20N6O8S3. The van der Waals surface area contributed by atoms with E-state index in [1.807, 2.05) is 0 Å². The Morgan fingerprint density at radius 1 is 1.29 bits per heavy atom. The Morgan fingerprint density at radius 3 is 2.66 bits per heavy atom. The van der Waals surface area contributed by atoms with Gasteiger partial charge >= 0.3 is 5.97 Å². The summed E-state index contributed by atoms with van der Waals surface area (Å²) in [5.74, 6) is -3.47. The lowest BCUT2D eigenvalue weighted by atomic mass is 9.94. The molecule has 17 heteroatoms. The van der Waals surface area contributed by atoms with Crippen LogP contribution in [0.2, 0.25) is 0 Å². The number of carbonyl (C=O) groups is 3. The van der Waals surface area contributed by atoms with Crippen LogP contribution in [0.25, 0.3) is 0 Å². The third-order valence-electron chi connectivity index (χ3n) is 5.43. The molecule has 4 rings (SSSR count). The summed E-state index contributed by atoms with van der Waals surface area (Å²) in [5, 5.41) is 32.6. The van der Waals surface area contributed by atoms with E-state index in [1.165, 1.54) is 16.7 Å². The molecule has 0 aliphatic carbocycles. The van der Waals surface area contributed by atoms with Crippen molar-refractivity contribution in [2.75, 3.05) is 11.5 Å². The van der Waals surface area contributed by atoms with E-state index in [0.717, 1.165) is 16.4 Å². The third-order valence-corrected chi connectivity index (χ3v) is 8.61. The summed E-state index contributed by atoms with van der Waals surface area (Å²) >= 11 is 2.29.